The minimum Gasteiger partial charge on any atom is -0.375 e. The smallest absolute Gasteiger partial charge is 0.257 e. The summed E-state index contributed by atoms with van der Waals surface area (Å²) in [5.74, 6) is -0.362. The normalized spacial score (nSPS) is 23.7. The van der Waals surface area contributed by atoms with E-state index in [9.17, 15) is 14.4 Å². The van der Waals surface area contributed by atoms with Gasteiger partial charge in [0.2, 0.25) is 11.8 Å². The number of carbonyl (C=O) groups excluding carboxylic acids is 3. The van der Waals surface area contributed by atoms with Gasteiger partial charge in [-0.25, -0.2) is 0 Å². The molecule has 3 aliphatic rings. The molecule has 3 fully saturated rings. The van der Waals surface area contributed by atoms with Gasteiger partial charge in [0.25, 0.3) is 5.91 Å². The van der Waals surface area contributed by atoms with Gasteiger partial charge >= 0.3 is 0 Å². The number of likely N-dealkylation sites (tertiary alicyclic amines) is 2. The molecule has 2 N–H and O–H groups in total. The van der Waals surface area contributed by atoms with Crippen LogP contribution in [0.5, 0.6) is 0 Å². The summed E-state index contributed by atoms with van der Waals surface area (Å²) < 4.78 is 5.69. The maximum absolute atomic E-state index is 13.2. The molecule has 2 saturated heterocycles. The van der Waals surface area contributed by atoms with Gasteiger partial charge in [-0.05, 0) is 17.4 Å². The van der Waals surface area contributed by atoms with E-state index in [2.05, 4.69) is 29.4 Å². The first kappa shape index (κ1) is 23.5. The van der Waals surface area contributed by atoms with E-state index in [1.807, 2.05) is 35.2 Å². The quantitative estimate of drug-likeness (QED) is 0.561. The molecule has 0 radical (unpaired) electrons. The molecule has 0 bridgehead atoms. The molecule has 9 heteroatoms. The highest BCUT2D eigenvalue weighted by atomic mass is 16.5. The van der Waals surface area contributed by atoms with Crippen LogP contribution < -0.4 is 5.32 Å². The average Bonchev–Trinajstić information content (AvgIpc) is 3.21. The number of rotatable bonds is 8. The number of nitrogens with zero attached hydrogens (tertiary/aromatic N) is 3. The van der Waals surface area contributed by atoms with Crippen molar-refractivity contribution in [2.45, 2.75) is 26.9 Å². The predicted molar refractivity (Wildman–Crippen MR) is 128 cm³/mol. The van der Waals surface area contributed by atoms with E-state index in [4.69, 9.17) is 4.74 Å². The van der Waals surface area contributed by atoms with Crippen LogP contribution in [0.3, 0.4) is 0 Å². The lowest BCUT2D eigenvalue weighted by molar-refractivity contribution is -0.151. The zero-order chi connectivity index (χ0) is 24.6. The van der Waals surface area contributed by atoms with Gasteiger partial charge in [-0.3, -0.25) is 19.5 Å². The number of ether oxygens (including phenoxy) is 1. The van der Waals surface area contributed by atoms with Crippen molar-refractivity contribution in [2.75, 3.05) is 39.3 Å². The van der Waals surface area contributed by atoms with E-state index in [1.165, 1.54) is 6.20 Å². The van der Waals surface area contributed by atoms with E-state index in [-0.39, 0.29) is 35.0 Å². The Kier molecular flexibility index (Phi) is 6.13. The number of aromatic amines is 1. The third-order valence-corrected chi connectivity index (χ3v) is 7.79. The molecular formula is C26H33N5O4. The van der Waals surface area contributed by atoms with Crippen LogP contribution in [0.4, 0.5) is 0 Å². The van der Waals surface area contributed by atoms with Crippen molar-refractivity contribution in [1.82, 2.24) is 25.3 Å². The second-order valence-electron chi connectivity index (χ2n) is 10.9. The van der Waals surface area contributed by atoms with Crippen molar-refractivity contribution in [3.8, 4) is 0 Å². The monoisotopic (exact) mass is 479 g/mol. The Morgan fingerprint density at radius 2 is 1.83 bits per heavy atom. The number of amides is 3. The van der Waals surface area contributed by atoms with E-state index >= 15 is 0 Å². The SMILES string of the molecule is CC1(C)C[C@@H]1C(=O)N1CC2(CN(C(=O)c3cn[nH]c3)CC2C(=O)NCCOCc2ccccc2)C1. The number of hydrogen-bond donors (Lipinski definition) is 2. The van der Waals surface area contributed by atoms with E-state index in [0.717, 1.165) is 12.0 Å². The summed E-state index contributed by atoms with van der Waals surface area (Å²) in [7, 11) is 0. The first-order valence-corrected chi connectivity index (χ1v) is 12.3. The molecule has 3 heterocycles. The van der Waals surface area contributed by atoms with Gasteiger partial charge in [0, 0.05) is 50.3 Å². The molecule has 186 valence electrons. The summed E-state index contributed by atoms with van der Waals surface area (Å²) in [6.45, 7) is 7.32. The molecule has 35 heavy (non-hydrogen) atoms. The number of H-pyrrole nitrogens is 1. The zero-order valence-corrected chi connectivity index (χ0v) is 20.3. The van der Waals surface area contributed by atoms with Crippen molar-refractivity contribution in [3.63, 3.8) is 0 Å². The van der Waals surface area contributed by atoms with Crippen LogP contribution in [0.15, 0.2) is 42.7 Å². The van der Waals surface area contributed by atoms with Crippen LogP contribution in [0.2, 0.25) is 0 Å². The Bertz CT molecular complexity index is 1080. The van der Waals surface area contributed by atoms with Crippen molar-refractivity contribution in [2.24, 2.45) is 22.7 Å². The summed E-state index contributed by atoms with van der Waals surface area (Å²) in [5, 5.41) is 9.55. The van der Waals surface area contributed by atoms with Gasteiger partial charge in [0.1, 0.15) is 0 Å². The predicted octanol–water partition coefficient (Wildman–Crippen LogP) is 1.69. The summed E-state index contributed by atoms with van der Waals surface area (Å²) in [6.07, 6.45) is 3.98. The van der Waals surface area contributed by atoms with Crippen LogP contribution in [-0.4, -0.2) is 77.0 Å². The molecule has 9 nitrogen and oxygen atoms in total. The molecule has 1 unspecified atom stereocenters. The van der Waals surface area contributed by atoms with Gasteiger partial charge in [0.15, 0.2) is 0 Å². The average molecular weight is 480 g/mol. The van der Waals surface area contributed by atoms with Crippen molar-refractivity contribution < 1.29 is 19.1 Å². The third kappa shape index (κ3) is 4.69. The summed E-state index contributed by atoms with van der Waals surface area (Å²) in [4.78, 5) is 42.7. The van der Waals surface area contributed by atoms with Crippen LogP contribution in [0, 0.1) is 22.7 Å². The minimum absolute atomic E-state index is 0.0648. The molecule has 2 aromatic rings. The third-order valence-electron chi connectivity index (χ3n) is 7.79. The Hall–Kier alpha value is -3.20. The Balaban J connectivity index is 1.19. The fourth-order valence-electron chi connectivity index (χ4n) is 5.47. The lowest BCUT2D eigenvalue weighted by atomic mass is 9.71. The fraction of sp³-hybridized carbons (Fsp3) is 0.538. The number of aromatic nitrogens is 2. The molecule has 1 spiro atoms. The summed E-state index contributed by atoms with van der Waals surface area (Å²) >= 11 is 0. The molecule has 2 atom stereocenters. The van der Waals surface area contributed by atoms with E-state index in [1.54, 1.807) is 11.1 Å². The molecule has 1 aliphatic carbocycles. The molecule has 3 amide bonds. The standard InChI is InChI=1S/C26H33N5O4/c1-25(2)10-20(25)24(34)31-16-26(17-31)15-30(23(33)19-11-28-29-12-19)13-21(26)22(32)27-8-9-35-14-18-6-4-3-5-7-18/h3-7,11-12,20-21H,8-10,13-17H2,1-2H3,(H,27,32)(H,28,29)/t20-,21?/m1/s1. The van der Waals surface area contributed by atoms with Crippen LogP contribution in [0.25, 0.3) is 0 Å². The molecular weight excluding hydrogens is 446 g/mol. The number of hydrogen-bond acceptors (Lipinski definition) is 5. The maximum atomic E-state index is 13.2. The van der Waals surface area contributed by atoms with Gasteiger partial charge in [-0.1, -0.05) is 44.2 Å². The molecule has 5 rings (SSSR count). The van der Waals surface area contributed by atoms with Crippen LogP contribution >= 0.6 is 0 Å². The Labute approximate surface area is 205 Å². The molecule has 1 aromatic heterocycles. The topological polar surface area (TPSA) is 108 Å². The van der Waals surface area contributed by atoms with E-state index < -0.39 is 5.41 Å². The lowest BCUT2D eigenvalue weighted by Crippen LogP contribution is -2.64. The highest BCUT2D eigenvalue weighted by Crippen LogP contribution is 2.54. The molecule has 1 aromatic carbocycles. The fourth-order valence-corrected chi connectivity index (χ4v) is 5.47. The Morgan fingerprint density at radius 1 is 1.11 bits per heavy atom. The van der Waals surface area contributed by atoms with Crippen LogP contribution in [-0.2, 0) is 20.9 Å². The van der Waals surface area contributed by atoms with Crippen molar-refractivity contribution in [3.05, 3.63) is 53.9 Å². The van der Waals surface area contributed by atoms with E-state index in [0.29, 0.717) is 51.5 Å². The largest absolute Gasteiger partial charge is 0.375 e. The first-order valence-electron chi connectivity index (χ1n) is 12.3. The number of benzene rings is 1. The van der Waals surface area contributed by atoms with Crippen molar-refractivity contribution >= 4 is 17.7 Å². The molecule has 2 aliphatic heterocycles. The van der Waals surface area contributed by atoms with Crippen LogP contribution in [0.1, 0.15) is 36.2 Å². The van der Waals surface area contributed by atoms with Gasteiger partial charge in [-0.15, -0.1) is 0 Å². The number of carbonyl (C=O) groups is 3. The Morgan fingerprint density at radius 3 is 2.49 bits per heavy atom. The summed E-state index contributed by atoms with van der Waals surface area (Å²) in [6, 6.07) is 9.89. The maximum Gasteiger partial charge on any atom is 0.257 e. The second-order valence-corrected chi connectivity index (χ2v) is 10.9. The highest BCUT2D eigenvalue weighted by Gasteiger charge is 2.61. The minimum atomic E-state index is -0.414. The molecule has 1 saturated carbocycles. The second kappa shape index (κ2) is 9.11. The van der Waals surface area contributed by atoms with Gasteiger partial charge < -0.3 is 19.9 Å². The highest BCUT2D eigenvalue weighted by molar-refractivity contribution is 5.95. The lowest BCUT2D eigenvalue weighted by Gasteiger charge is -2.50. The number of nitrogens with one attached hydrogen (secondary N) is 2. The summed E-state index contributed by atoms with van der Waals surface area (Å²) in [5.41, 5.74) is 1.21. The van der Waals surface area contributed by atoms with Gasteiger partial charge in [-0.2, -0.15) is 5.10 Å². The zero-order valence-electron chi connectivity index (χ0n) is 20.3. The van der Waals surface area contributed by atoms with Gasteiger partial charge in [0.05, 0.1) is 30.9 Å². The van der Waals surface area contributed by atoms with Crippen molar-refractivity contribution in [1.29, 1.82) is 0 Å². The first-order chi connectivity index (χ1) is 16.8.